The second kappa shape index (κ2) is 7.46. The zero-order valence-corrected chi connectivity index (χ0v) is 13.9. The predicted molar refractivity (Wildman–Crippen MR) is 88.1 cm³/mol. The molecule has 0 saturated heterocycles. The molecule has 1 aromatic heterocycles. The molecular weight excluding hydrogens is 355 g/mol. The number of nitrogens with one attached hydrogen (secondary N) is 2. The molecule has 1 aromatic rings. The molecule has 2 N–H and O–H groups in total. The number of aromatic nitrogens is 2. The Kier molecular flexibility index (Phi) is 6.26. The van der Waals surface area contributed by atoms with Gasteiger partial charge in [-0.15, -0.1) is 24.0 Å². The van der Waals surface area contributed by atoms with Crippen LogP contribution < -0.4 is 15.5 Å². The Labute approximate surface area is 131 Å². The van der Waals surface area contributed by atoms with Crippen LogP contribution in [0.15, 0.2) is 17.3 Å². The van der Waals surface area contributed by atoms with Crippen LogP contribution in [-0.4, -0.2) is 43.1 Å². The van der Waals surface area contributed by atoms with Crippen molar-refractivity contribution in [2.45, 2.75) is 25.4 Å². The van der Waals surface area contributed by atoms with Crippen molar-refractivity contribution in [1.82, 2.24) is 20.6 Å². The molecule has 1 heterocycles. The summed E-state index contributed by atoms with van der Waals surface area (Å²) in [6, 6.07) is 2.50. The molecule has 19 heavy (non-hydrogen) atoms. The lowest BCUT2D eigenvalue weighted by molar-refractivity contribution is 0.785. The van der Waals surface area contributed by atoms with Crippen LogP contribution in [0.1, 0.15) is 18.5 Å². The average molecular weight is 376 g/mol. The van der Waals surface area contributed by atoms with Gasteiger partial charge in [0.2, 0.25) is 5.95 Å². The van der Waals surface area contributed by atoms with Crippen LogP contribution in [0.3, 0.4) is 0 Å². The van der Waals surface area contributed by atoms with E-state index < -0.39 is 0 Å². The summed E-state index contributed by atoms with van der Waals surface area (Å²) >= 11 is 0. The maximum absolute atomic E-state index is 4.44. The number of anilines is 1. The predicted octanol–water partition coefficient (Wildman–Crippen LogP) is 0.988. The Morgan fingerprint density at radius 2 is 2.21 bits per heavy atom. The Morgan fingerprint density at radius 3 is 2.79 bits per heavy atom. The van der Waals surface area contributed by atoms with Crippen LogP contribution in [0, 0.1) is 0 Å². The van der Waals surface area contributed by atoms with Crippen molar-refractivity contribution in [2.24, 2.45) is 4.99 Å². The largest absolute Gasteiger partial charge is 0.354 e. The lowest BCUT2D eigenvalue weighted by Crippen LogP contribution is -2.38. The summed E-state index contributed by atoms with van der Waals surface area (Å²) in [5.41, 5.74) is 0.951. The summed E-state index contributed by atoms with van der Waals surface area (Å²) in [4.78, 5) is 14.7. The van der Waals surface area contributed by atoms with Gasteiger partial charge >= 0.3 is 0 Å². The molecule has 2 rings (SSSR count). The van der Waals surface area contributed by atoms with Crippen molar-refractivity contribution in [3.63, 3.8) is 0 Å². The third-order valence-electron chi connectivity index (χ3n) is 2.68. The van der Waals surface area contributed by atoms with Gasteiger partial charge in [-0.3, -0.25) is 4.99 Å². The number of hydrogen-bond donors (Lipinski definition) is 2. The molecule has 0 radical (unpaired) electrons. The molecule has 0 spiro atoms. The van der Waals surface area contributed by atoms with Crippen LogP contribution in [0.2, 0.25) is 0 Å². The molecule has 106 valence electrons. The number of nitrogens with zero attached hydrogens (tertiary/aromatic N) is 4. The molecule has 0 aliphatic heterocycles. The van der Waals surface area contributed by atoms with Gasteiger partial charge in [0.15, 0.2) is 5.96 Å². The van der Waals surface area contributed by atoms with Gasteiger partial charge in [-0.1, -0.05) is 0 Å². The third kappa shape index (κ3) is 5.17. The van der Waals surface area contributed by atoms with E-state index in [0.717, 1.165) is 17.6 Å². The van der Waals surface area contributed by atoms with Gasteiger partial charge in [-0.25, -0.2) is 9.97 Å². The maximum atomic E-state index is 4.44. The van der Waals surface area contributed by atoms with E-state index in [0.29, 0.717) is 12.6 Å². The highest BCUT2D eigenvalue weighted by Gasteiger charge is 2.22. The van der Waals surface area contributed by atoms with Crippen molar-refractivity contribution < 1.29 is 0 Å². The second-order valence-electron chi connectivity index (χ2n) is 4.59. The molecular formula is C12H21IN6. The molecule has 0 unspecified atom stereocenters. The van der Waals surface area contributed by atoms with E-state index in [1.54, 1.807) is 13.2 Å². The minimum absolute atomic E-state index is 0. The van der Waals surface area contributed by atoms with Crippen molar-refractivity contribution in [2.75, 3.05) is 26.0 Å². The van der Waals surface area contributed by atoms with Gasteiger partial charge < -0.3 is 15.5 Å². The molecule has 0 atom stereocenters. The van der Waals surface area contributed by atoms with Gasteiger partial charge in [0.05, 0.1) is 12.2 Å². The molecule has 0 bridgehead atoms. The lowest BCUT2D eigenvalue weighted by atomic mass is 10.4. The van der Waals surface area contributed by atoms with E-state index >= 15 is 0 Å². The fourth-order valence-corrected chi connectivity index (χ4v) is 1.49. The summed E-state index contributed by atoms with van der Waals surface area (Å²) in [5, 5.41) is 6.59. The van der Waals surface area contributed by atoms with Gasteiger partial charge in [-0.2, -0.15) is 0 Å². The number of aliphatic imine (C=N–C) groups is 1. The maximum Gasteiger partial charge on any atom is 0.225 e. The van der Waals surface area contributed by atoms with Crippen molar-refractivity contribution in [1.29, 1.82) is 0 Å². The Bertz CT molecular complexity index is 430. The van der Waals surface area contributed by atoms with E-state index in [2.05, 4.69) is 25.6 Å². The molecule has 6 nitrogen and oxygen atoms in total. The second-order valence-corrected chi connectivity index (χ2v) is 4.59. The first-order valence-electron chi connectivity index (χ1n) is 6.15. The number of halogens is 1. The van der Waals surface area contributed by atoms with Crippen LogP contribution in [0.25, 0.3) is 0 Å². The minimum Gasteiger partial charge on any atom is -0.354 e. The Balaban J connectivity index is 0.00000180. The number of guanidine groups is 1. The smallest absolute Gasteiger partial charge is 0.225 e. The van der Waals surface area contributed by atoms with E-state index in [-0.39, 0.29) is 24.0 Å². The Morgan fingerprint density at radius 1 is 1.47 bits per heavy atom. The quantitative estimate of drug-likeness (QED) is 0.466. The number of hydrogen-bond acceptors (Lipinski definition) is 4. The minimum atomic E-state index is 0. The summed E-state index contributed by atoms with van der Waals surface area (Å²) < 4.78 is 0. The van der Waals surface area contributed by atoms with Crippen LogP contribution >= 0.6 is 24.0 Å². The first kappa shape index (κ1) is 15.9. The van der Waals surface area contributed by atoms with E-state index in [4.69, 9.17) is 0 Å². The van der Waals surface area contributed by atoms with Crippen LogP contribution in [-0.2, 0) is 6.54 Å². The monoisotopic (exact) mass is 376 g/mol. The van der Waals surface area contributed by atoms with Crippen molar-refractivity contribution >= 4 is 35.9 Å². The zero-order chi connectivity index (χ0) is 13.0. The molecule has 0 amide bonds. The Hall–Kier alpha value is -1.12. The van der Waals surface area contributed by atoms with Crippen molar-refractivity contribution in [3.05, 3.63) is 18.0 Å². The molecule has 7 heteroatoms. The first-order valence-corrected chi connectivity index (χ1v) is 6.15. The highest BCUT2D eigenvalue weighted by atomic mass is 127. The normalized spacial score (nSPS) is 14.6. The lowest BCUT2D eigenvalue weighted by Gasteiger charge is -2.13. The fraction of sp³-hybridized carbons (Fsp3) is 0.583. The molecule has 0 aromatic carbocycles. The average Bonchev–Trinajstić information content (AvgIpc) is 3.18. The van der Waals surface area contributed by atoms with Gasteiger partial charge in [0, 0.05) is 33.4 Å². The molecule has 1 aliphatic rings. The standard InChI is InChI=1S/C12H20N6.HI/c1-13-11(16-9-4-5-9)15-8-10-6-7-14-12(17-10)18(2)3;/h6-7,9H,4-5,8H2,1-3H3,(H2,13,15,16);1H. The van der Waals surface area contributed by atoms with E-state index in [1.807, 2.05) is 25.1 Å². The molecule has 1 fully saturated rings. The fourth-order valence-electron chi connectivity index (χ4n) is 1.49. The summed E-state index contributed by atoms with van der Waals surface area (Å²) in [5.74, 6) is 1.56. The van der Waals surface area contributed by atoms with Gasteiger partial charge in [0.25, 0.3) is 0 Å². The topological polar surface area (TPSA) is 65.4 Å². The summed E-state index contributed by atoms with van der Waals surface area (Å²) in [6.45, 7) is 0.649. The van der Waals surface area contributed by atoms with Crippen LogP contribution in [0.4, 0.5) is 5.95 Å². The number of rotatable bonds is 4. The highest BCUT2D eigenvalue weighted by molar-refractivity contribution is 14.0. The zero-order valence-electron chi connectivity index (χ0n) is 11.6. The van der Waals surface area contributed by atoms with Crippen molar-refractivity contribution in [3.8, 4) is 0 Å². The highest BCUT2D eigenvalue weighted by Crippen LogP contribution is 2.18. The van der Waals surface area contributed by atoms with E-state index in [1.165, 1.54) is 12.8 Å². The van der Waals surface area contributed by atoms with E-state index in [9.17, 15) is 0 Å². The molecule has 1 saturated carbocycles. The first-order chi connectivity index (χ1) is 8.69. The SMILES string of the molecule is CN=C(NCc1ccnc(N(C)C)n1)NC1CC1.I. The third-order valence-corrected chi connectivity index (χ3v) is 2.68. The van der Waals surface area contributed by atoms with Gasteiger partial charge in [-0.05, 0) is 18.9 Å². The molecule has 1 aliphatic carbocycles. The van der Waals surface area contributed by atoms with Gasteiger partial charge in [0.1, 0.15) is 0 Å². The summed E-state index contributed by atoms with van der Waals surface area (Å²) in [7, 11) is 5.64. The summed E-state index contributed by atoms with van der Waals surface area (Å²) in [6.07, 6.45) is 4.24. The van der Waals surface area contributed by atoms with Crippen LogP contribution in [0.5, 0.6) is 0 Å².